The molecule has 1 aliphatic carbocycles. The number of nitrogens with zero attached hydrogens (tertiary/aromatic N) is 2. The number of aromatic nitrogens is 2. The summed E-state index contributed by atoms with van der Waals surface area (Å²) in [5.74, 6) is 0.932. The van der Waals surface area contributed by atoms with Crippen molar-refractivity contribution in [2.75, 3.05) is 0 Å². The van der Waals surface area contributed by atoms with E-state index >= 15 is 0 Å². The fraction of sp³-hybridized carbons (Fsp3) is 0.467. The number of hydrogen-bond acceptors (Lipinski definition) is 4. The molecule has 1 aromatic carbocycles. The third kappa shape index (κ3) is 3.07. The Labute approximate surface area is 133 Å². The van der Waals surface area contributed by atoms with Gasteiger partial charge in [-0.3, -0.25) is 0 Å². The molecule has 6 heteroatoms. The molecule has 1 aliphatic rings. The third-order valence-electron chi connectivity index (χ3n) is 4.03. The standard InChI is InChI=1S/C15H17Cl2N3O/c16-10-5-6-12(17)11(9-10)13-19-14(20-21-13)15(18)7-3-1-2-4-8-15/h5-6,9H,1-4,7-8,18H2. The Morgan fingerprint density at radius 3 is 2.52 bits per heavy atom. The first kappa shape index (κ1) is 14.8. The van der Waals surface area contributed by atoms with Crippen LogP contribution in [0, 0.1) is 0 Å². The minimum absolute atomic E-state index is 0.367. The highest BCUT2D eigenvalue weighted by molar-refractivity contribution is 6.35. The van der Waals surface area contributed by atoms with E-state index in [0.29, 0.717) is 27.3 Å². The van der Waals surface area contributed by atoms with Crippen LogP contribution >= 0.6 is 23.2 Å². The molecule has 1 heterocycles. The Hall–Kier alpha value is -1.10. The van der Waals surface area contributed by atoms with Crippen molar-refractivity contribution in [3.05, 3.63) is 34.1 Å². The zero-order valence-electron chi connectivity index (χ0n) is 11.6. The number of nitrogens with two attached hydrogens (primary N) is 1. The summed E-state index contributed by atoms with van der Waals surface area (Å²) in [6.07, 6.45) is 6.38. The van der Waals surface area contributed by atoms with Gasteiger partial charge in [-0.05, 0) is 31.0 Å². The van der Waals surface area contributed by atoms with Crippen LogP contribution in [0.4, 0.5) is 0 Å². The van der Waals surface area contributed by atoms with Crippen LogP contribution in [-0.4, -0.2) is 10.1 Å². The summed E-state index contributed by atoms with van der Waals surface area (Å²) in [6, 6.07) is 5.16. The van der Waals surface area contributed by atoms with Gasteiger partial charge in [0.1, 0.15) is 0 Å². The van der Waals surface area contributed by atoms with Crippen molar-refractivity contribution in [3.63, 3.8) is 0 Å². The maximum absolute atomic E-state index is 6.50. The predicted molar refractivity (Wildman–Crippen MR) is 83.3 cm³/mol. The topological polar surface area (TPSA) is 64.9 Å². The molecule has 0 bridgehead atoms. The minimum atomic E-state index is -0.497. The van der Waals surface area contributed by atoms with Crippen molar-refractivity contribution in [1.29, 1.82) is 0 Å². The molecule has 1 saturated carbocycles. The first-order valence-electron chi connectivity index (χ1n) is 7.17. The van der Waals surface area contributed by atoms with Gasteiger partial charge in [0.15, 0.2) is 5.82 Å². The van der Waals surface area contributed by atoms with Crippen LogP contribution in [0.25, 0.3) is 11.5 Å². The number of benzene rings is 1. The van der Waals surface area contributed by atoms with Crippen LogP contribution in [0.3, 0.4) is 0 Å². The van der Waals surface area contributed by atoms with E-state index < -0.39 is 5.54 Å². The molecule has 0 atom stereocenters. The van der Waals surface area contributed by atoms with E-state index in [0.717, 1.165) is 25.7 Å². The first-order chi connectivity index (χ1) is 10.1. The number of hydrogen-bond donors (Lipinski definition) is 1. The van der Waals surface area contributed by atoms with Gasteiger partial charge in [-0.15, -0.1) is 0 Å². The molecular weight excluding hydrogens is 309 g/mol. The van der Waals surface area contributed by atoms with Crippen molar-refractivity contribution in [2.45, 2.75) is 44.1 Å². The Morgan fingerprint density at radius 1 is 1.10 bits per heavy atom. The van der Waals surface area contributed by atoms with Gasteiger partial charge >= 0.3 is 0 Å². The monoisotopic (exact) mass is 325 g/mol. The van der Waals surface area contributed by atoms with Crippen LogP contribution in [0.5, 0.6) is 0 Å². The van der Waals surface area contributed by atoms with Gasteiger partial charge in [0.05, 0.1) is 16.1 Å². The van der Waals surface area contributed by atoms with Gasteiger partial charge in [0.25, 0.3) is 5.89 Å². The second-order valence-electron chi connectivity index (χ2n) is 5.62. The zero-order chi connectivity index (χ0) is 14.9. The molecule has 1 aromatic heterocycles. The van der Waals surface area contributed by atoms with Gasteiger partial charge in [0, 0.05) is 5.02 Å². The SMILES string of the molecule is NC1(c2noc(-c3cc(Cl)ccc3Cl)n2)CCCCCC1. The van der Waals surface area contributed by atoms with E-state index in [1.54, 1.807) is 18.2 Å². The molecule has 112 valence electrons. The van der Waals surface area contributed by atoms with Gasteiger partial charge < -0.3 is 10.3 Å². The third-order valence-corrected chi connectivity index (χ3v) is 4.59. The summed E-state index contributed by atoms with van der Waals surface area (Å²) >= 11 is 12.2. The lowest BCUT2D eigenvalue weighted by Crippen LogP contribution is -2.37. The fourth-order valence-electron chi connectivity index (χ4n) is 2.78. The molecule has 0 saturated heterocycles. The average molecular weight is 326 g/mol. The summed E-state index contributed by atoms with van der Waals surface area (Å²) < 4.78 is 5.36. The van der Waals surface area contributed by atoms with Crippen molar-refractivity contribution in [1.82, 2.24) is 10.1 Å². The van der Waals surface area contributed by atoms with Crippen molar-refractivity contribution < 1.29 is 4.52 Å². The molecule has 2 aromatic rings. The van der Waals surface area contributed by atoms with Crippen LogP contribution in [0.1, 0.15) is 44.3 Å². The molecule has 2 N–H and O–H groups in total. The van der Waals surface area contributed by atoms with Crippen LogP contribution in [0.15, 0.2) is 22.7 Å². The number of halogens is 2. The largest absolute Gasteiger partial charge is 0.334 e. The maximum atomic E-state index is 6.50. The highest BCUT2D eigenvalue weighted by Crippen LogP contribution is 2.35. The van der Waals surface area contributed by atoms with E-state index in [2.05, 4.69) is 10.1 Å². The van der Waals surface area contributed by atoms with E-state index in [-0.39, 0.29) is 0 Å². The van der Waals surface area contributed by atoms with Crippen molar-refractivity contribution in [2.24, 2.45) is 5.73 Å². The molecule has 4 nitrogen and oxygen atoms in total. The average Bonchev–Trinajstić information content (AvgIpc) is 2.86. The van der Waals surface area contributed by atoms with Gasteiger partial charge in [-0.1, -0.05) is 54.0 Å². The molecule has 0 aliphatic heterocycles. The highest BCUT2D eigenvalue weighted by atomic mass is 35.5. The van der Waals surface area contributed by atoms with Gasteiger partial charge in [0.2, 0.25) is 0 Å². The molecule has 3 rings (SSSR count). The zero-order valence-corrected chi connectivity index (χ0v) is 13.1. The highest BCUT2D eigenvalue weighted by Gasteiger charge is 2.33. The van der Waals surface area contributed by atoms with Crippen molar-refractivity contribution >= 4 is 23.2 Å². The van der Waals surface area contributed by atoms with E-state index in [4.69, 9.17) is 33.5 Å². The van der Waals surface area contributed by atoms with Crippen LogP contribution < -0.4 is 5.73 Å². The van der Waals surface area contributed by atoms with Crippen molar-refractivity contribution in [3.8, 4) is 11.5 Å². The molecule has 21 heavy (non-hydrogen) atoms. The summed E-state index contributed by atoms with van der Waals surface area (Å²) in [5.41, 5.74) is 6.64. The lowest BCUT2D eigenvalue weighted by molar-refractivity contribution is 0.334. The minimum Gasteiger partial charge on any atom is -0.334 e. The Bertz CT molecular complexity index is 634. The molecule has 0 amide bonds. The quantitative estimate of drug-likeness (QED) is 0.822. The maximum Gasteiger partial charge on any atom is 0.259 e. The van der Waals surface area contributed by atoms with E-state index in [1.165, 1.54) is 12.8 Å². The van der Waals surface area contributed by atoms with Gasteiger partial charge in [-0.25, -0.2) is 0 Å². The Morgan fingerprint density at radius 2 is 1.81 bits per heavy atom. The van der Waals surface area contributed by atoms with Gasteiger partial charge in [-0.2, -0.15) is 4.98 Å². The predicted octanol–water partition coefficient (Wildman–Crippen LogP) is 4.55. The summed E-state index contributed by atoms with van der Waals surface area (Å²) in [7, 11) is 0. The fourth-order valence-corrected chi connectivity index (χ4v) is 3.15. The normalized spacial score (nSPS) is 18.4. The Kier molecular flexibility index (Phi) is 4.20. The van der Waals surface area contributed by atoms with Crippen LogP contribution in [0.2, 0.25) is 10.0 Å². The smallest absolute Gasteiger partial charge is 0.259 e. The molecule has 1 fully saturated rings. The summed E-state index contributed by atoms with van der Waals surface area (Å²) in [5, 5.41) is 5.19. The second kappa shape index (κ2) is 5.95. The Balaban J connectivity index is 1.94. The molecule has 0 radical (unpaired) electrons. The summed E-state index contributed by atoms with van der Waals surface area (Å²) in [6.45, 7) is 0. The molecular formula is C15H17Cl2N3O. The van der Waals surface area contributed by atoms with E-state index in [1.807, 2.05) is 0 Å². The molecule has 0 spiro atoms. The van der Waals surface area contributed by atoms with Crippen LogP contribution in [-0.2, 0) is 5.54 Å². The first-order valence-corrected chi connectivity index (χ1v) is 7.93. The molecule has 0 unspecified atom stereocenters. The lowest BCUT2D eigenvalue weighted by Gasteiger charge is -2.23. The summed E-state index contributed by atoms with van der Waals surface area (Å²) in [4.78, 5) is 4.47. The number of rotatable bonds is 2. The second-order valence-corrected chi connectivity index (χ2v) is 6.46. The lowest BCUT2D eigenvalue weighted by atomic mass is 9.91. The van der Waals surface area contributed by atoms with E-state index in [9.17, 15) is 0 Å².